The standard InChI is InChI=1S/C22H27N3O/c1-2-15-26-21-10-6-4-8-18(21)22-17-7-3-5-9-19(17)24-20(22)16-25-13-11-23-12-14-25/h3-10,23-24H,2,11-16H2,1H3. The van der Waals surface area contributed by atoms with Crippen LogP contribution in [0, 0.1) is 0 Å². The first-order valence-electron chi connectivity index (χ1n) is 9.61. The van der Waals surface area contributed by atoms with Crippen molar-refractivity contribution in [3.8, 4) is 16.9 Å². The lowest BCUT2D eigenvalue weighted by atomic mass is 10.0. The SMILES string of the molecule is CCCOc1ccccc1-c1c(CN2CCNCC2)[nH]c2ccccc12. The van der Waals surface area contributed by atoms with Crippen molar-refractivity contribution in [3.05, 3.63) is 54.2 Å². The minimum Gasteiger partial charge on any atom is -0.493 e. The number of hydrogen-bond acceptors (Lipinski definition) is 3. The highest BCUT2D eigenvalue weighted by atomic mass is 16.5. The zero-order chi connectivity index (χ0) is 17.8. The molecule has 0 atom stereocenters. The van der Waals surface area contributed by atoms with Gasteiger partial charge in [0.15, 0.2) is 0 Å². The molecule has 4 rings (SSSR count). The van der Waals surface area contributed by atoms with Crippen LogP contribution in [0.3, 0.4) is 0 Å². The summed E-state index contributed by atoms with van der Waals surface area (Å²) in [6, 6.07) is 17.0. The van der Waals surface area contributed by atoms with Gasteiger partial charge in [-0.15, -0.1) is 0 Å². The molecule has 1 aliphatic heterocycles. The Hall–Kier alpha value is -2.30. The average molecular weight is 349 g/mol. The fraction of sp³-hybridized carbons (Fsp3) is 0.364. The summed E-state index contributed by atoms with van der Waals surface area (Å²) in [5.41, 5.74) is 4.94. The number of hydrogen-bond donors (Lipinski definition) is 2. The number of para-hydroxylation sites is 2. The van der Waals surface area contributed by atoms with E-state index in [0.717, 1.165) is 51.5 Å². The summed E-state index contributed by atoms with van der Waals surface area (Å²) in [5, 5.41) is 4.70. The Morgan fingerprint density at radius 3 is 2.62 bits per heavy atom. The molecule has 4 heteroatoms. The lowest BCUT2D eigenvalue weighted by Gasteiger charge is -2.27. The number of aromatic amines is 1. The summed E-state index contributed by atoms with van der Waals surface area (Å²) in [7, 11) is 0. The van der Waals surface area contributed by atoms with Crippen molar-refractivity contribution in [2.75, 3.05) is 32.8 Å². The zero-order valence-electron chi connectivity index (χ0n) is 15.4. The van der Waals surface area contributed by atoms with Crippen LogP contribution < -0.4 is 10.1 Å². The van der Waals surface area contributed by atoms with E-state index in [-0.39, 0.29) is 0 Å². The van der Waals surface area contributed by atoms with Crippen molar-refractivity contribution in [2.45, 2.75) is 19.9 Å². The van der Waals surface area contributed by atoms with Gasteiger partial charge in [0.2, 0.25) is 0 Å². The molecule has 1 saturated heterocycles. The Morgan fingerprint density at radius 1 is 1.00 bits per heavy atom. The van der Waals surface area contributed by atoms with Crippen molar-refractivity contribution >= 4 is 10.9 Å². The van der Waals surface area contributed by atoms with Crippen LogP contribution in [0.15, 0.2) is 48.5 Å². The van der Waals surface area contributed by atoms with Crippen molar-refractivity contribution in [1.82, 2.24) is 15.2 Å². The van der Waals surface area contributed by atoms with Crippen molar-refractivity contribution in [3.63, 3.8) is 0 Å². The maximum absolute atomic E-state index is 6.07. The van der Waals surface area contributed by atoms with Crippen LogP contribution in [-0.2, 0) is 6.54 Å². The lowest BCUT2D eigenvalue weighted by Crippen LogP contribution is -2.43. The molecular formula is C22H27N3O. The van der Waals surface area contributed by atoms with E-state index >= 15 is 0 Å². The second-order valence-electron chi connectivity index (χ2n) is 6.89. The number of ether oxygens (including phenoxy) is 1. The molecule has 0 saturated carbocycles. The van der Waals surface area contributed by atoms with Crippen LogP contribution in [-0.4, -0.2) is 42.7 Å². The third-order valence-electron chi connectivity index (χ3n) is 4.99. The molecule has 0 spiro atoms. The van der Waals surface area contributed by atoms with Gasteiger partial charge in [0.25, 0.3) is 0 Å². The molecule has 0 bridgehead atoms. The summed E-state index contributed by atoms with van der Waals surface area (Å²) >= 11 is 0. The summed E-state index contributed by atoms with van der Waals surface area (Å²) in [4.78, 5) is 6.19. The van der Waals surface area contributed by atoms with Gasteiger partial charge in [-0.25, -0.2) is 0 Å². The Kier molecular flexibility index (Phi) is 5.23. The number of nitrogens with one attached hydrogen (secondary N) is 2. The van der Waals surface area contributed by atoms with Crippen molar-refractivity contribution in [2.24, 2.45) is 0 Å². The molecule has 1 aromatic heterocycles. The normalized spacial score (nSPS) is 15.4. The lowest BCUT2D eigenvalue weighted by molar-refractivity contribution is 0.231. The number of rotatable bonds is 6. The number of benzene rings is 2. The van der Waals surface area contributed by atoms with E-state index in [0.29, 0.717) is 0 Å². The molecule has 1 fully saturated rings. The van der Waals surface area contributed by atoms with Gasteiger partial charge in [-0.2, -0.15) is 0 Å². The Bertz CT molecular complexity index is 865. The van der Waals surface area contributed by atoms with Gasteiger partial charge in [0.1, 0.15) is 5.75 Å². The van der Waals surface area contributed by atoms with Crippen LogP contribution in [0.1, 0.15) is 19.0 Å². The smallest absolute Gasteiger partial charge is 0.127 e. The molecular weight excluding hydrogens is 322 g/mol. The van der Waals surface area contributed by atoms with E-state index in [1.54, 1.807) is 0 Å². The fourth-order valence-electron chi connectivity index (χ4n) is 3.73. The maximum atomic E-state index is 6.07. The molecule has 2 heterocycles. The van der Waals surface area contributed by atoms with Crippen LogP contribution in [0.25, 0.3) is 22.0 Å². The quantitative estimate of drug-likeness (QED) is 0.706. The highest BCUT2D eigenvalue weighted by molar-refractivity contribution is 5.98. The molecule has 2 aromatic carbocycles. The topological polar surface area (TPSA) is 40.3 Å². The molecule has 3 aromatic rings. The highest BCUT2D eigenvalue weighted by Crippen LogP contribution is 2.38. The molecule has 136 valence electrons. The summed E-state index contributed by atoms with van der Waals surface area (Å²) in [5.74, 6) is 0.973. The predicted octanol–water partition coefficient (Wildman–Crippen LogP) is 4.03. The van der Waals surface area contributed by atoms with E-state index in [9.17, 15) is 0 Å². The second kappa shape index (κ2) is 7.94. The first kappa shape index (κ1) is 17.1. The molecule has 0 aliphatic carbocycles. The van der Waals surface area contributed by atoms with Gasteiger partial charge >= 0.3 is 0 Å². The molecule has 1 aliphatic rings. The summed E-state index contributed by atoms with van der Waals surface area (Å²) in [6.07, 6.45) is 1.01. The predicted molar refractivity (Wildman–Crippen MR) is 108 cm³/mol. The van der Waals surface area contributed by atoms with Gasteiger partial charge in [0, 0.05) is 60.4 Å². The van der Waals surface area contributed by atoms with E-state index < -0.39 is 0 Å². The number of piperazine rings is 1. The van der Waals surface area contributed by atoms with Gasteiger partial charge < -0.3 is 15.0 Å². The minimum absolute atomic E-state index is 0.743. The zero-order valence-corrected chi connectivity index (χ0v) is 15.4. The number of aromatic nitrogens is 1. The second-order valence-corrected chi connectivity index (χ2v) is 6.89. The van der Waals surface area contributed by atoms with Crippen molar-refractivity contribution in [1.29, 1.82) is 0 Å². The molecule has 0 unspecified atom stereocenters. The van der Waals surface area contributed by atoms with Crippen LogP contribution >= 0.6 is 0 Å². The molecule has 26 heavy (non-hydrogen) atoms. The Morgan fingerprint density at radius 2 is 1.77 bits per heavy atom. The van der Waals surface area contributed by atoms with E-state index in [4.69, 9.17) is 4.74 Å². The van der Waals surface area contributed by atoms with Gasteiger partial charge in [-0.1, -0.05) is 43.3 Å². The Balaban J connectivity index is 1.79. The van der Waals surface area contributed by atoms with E-state index in [2.05, 4.69) is 70.7 Å². The first-order valence-corrected chi connectivity index (χ1v) is 9.61. The molecule has 2 N–H and O–H groups in total. The van der Waals surface area contributed by atoms with Gasteiger partial charge in [-0.3, -0.25) is 4.90 Å². The van der Waals surface area contributed by atoms with E-state index in [1.807, 2.05) is 0 Å². The summed E-state index contributed by atoms with van der Waals surface area (Å²) in [6.45, 7) is 8.12. The fourth-order valence-corrected chi connectivity index (χ4v) is 3.73. The molecule has 0 amide bonds. The van der Waals surface area contributed by atoms with Crippen LogP contribution in [0.2, 0.25) is 0 Å². The minimum atomic E-state index is 0.743. The number of H-pyrrole nitrogens is 1. The monoisotopic (exact) mass is 349 g/mol. The number of nitrogens with zero attached hydrogens (tertiary/aromatic N) is 1. The van der Waals surface area contributed by atoms with Crippen LogP contribution in [0.5, 0.6) is 5.75 Å². The first-order chi connectivity index (χ1) is 12.9. The summed E-state index contributed by atoms with van der Waals surface area (Å²) < 4.78 is 6.07. The third kappa shape index (κ3) is 3.48. The third-order valence-corrected chi connectivity index (χ3v) is 4.99. The van der Waals surface area contributed by atoms with E-state index in [1.165, 1.54) is 27.7 Å². The van der Waals surface area contributed by atoms with Crippen molar-refractivity contribution < 1.29 is 4.74 Å². The number of fused-ring (bicyclic) bond motifs is 1. The Labute approximate surface area is 155 Å². The molecule has 4 nitrogen and oxygen atoms in total. The van der Waals surface area contributed by atoms with Crippen LogP contribution in [0.4, 0.5) is 0 Å². The van der Waals surface area contributed by atoms with Gasteiger partial charge in [0.05, 0.1) is 6.61 Å². The molecule has 0 radical (unpaired) electrons. The average Bonchev–Trinajstić information content (AvgIpc) is 3.05. The highest BCUT2D eigenvalue weighted by Gasteiger charge is 2.19. The maximum Gasteiger partial charge on any atom is 0.127 e. The largest absolute Gasteiger partial charge is 0.493 e. The van der Waals surface area contributed by atoms with Gasteiger partial charge in [-0.05, 0) is 18.6 Å².